The zero-order valence-corrected chi connectivity index (χ0v) is 5.97. The summed E-state index contributed by atoms with van der Waals surface area (Å²) in [5, 5.41) is 8.58. The highest BCUT2D eigenvalue weighted by Crippen LogP contribution is 2.14. The number of rotatable bonds is 1. The molecule has 0 saturated heterocycles. The van der Waals surface area contributed by atoms with Crippen molar-refractivity contribution in [2.24, 2.45) is 11.7 Å². The van der Waals surface area contributed by atoms with E-state index in [4.69, 9.17) is 10.8 Å². The molecule has 0 aromatic heterocycles. The van der Waals surface area contributed by atoms with Crippen LogP contribution >= 0.6 is 12.4 Å². The van der Waals surface area contributed by atoms with E-state index in [0.717, 1.165) is 6.42 Å². The Bertz CT molecular complexity index is 105. The van der Waals surface area contributed by atoms with Crippen LogP contribution in [0.2, 0.25) is 0 Å². The van der Waals surface area contributed by atoms with Crippen LogP contribution in [0.25, 0.3) is 0 Å². The van der Waals surface area contributed by atoms with Crippen LogP contribution in [0.4, 0.5) is 0 Å². The molecule has 1 aliphatic rings. The summed E-state index contributed by atoms with van der Waals surface area (Å²) in [6, 6.07) is 0.187. The van der Waals surface area contributed by atoms with Crippen LogP contribution in [-0.2, 0) is 0 Å². The molecule has 1 rings (SSSR count). The molecule has 1 unspecified atom stereocenters. The van der Waals surface area contributed by atoms with Gasteiger partial charge in [-0.1, -0.05) is 12.2 Å². The number of halogens is 1. The third kappa shape index (κ3) is 2.35. The summed E-state index contributed by atoms with van der Waals surface area (Å²) in [5.74, 6) is 0.324. The van der Waals surface area contributed by atoms with Gasteiger partial charge in [0.2, 0.25) is 0 Å². The van der Waals surface area contributed by atoms with Gasteiger partial charge in [-0.25, -0.2) is 0 Å². The first kappa shape index (κ1) is 8.95. The second-order valence-electron chi connectivity index (χ2n) is 2.23. The van der Waals surface area contributed by atoms with E-state index in [1.165, 1.54) is 0 Å². The lowest BCUT2D eigenvalue weighted by atomic mass is 10.1. The summed E-state index contributed by atoms with van der Waals surface area (Å²) < 4.78 is 0. The number of hydrogen-bond donors (Lipinski definition) is 2. The zero-order valence-electron chi connectivity index (χ0n) is 5.16. The second-order valence-corrected chi connectivity index (χ2v) is 2.23. The fraction of sp³-hybridized carbons (Fsp3) is 0.667. The smallest absolute Gasteiger partial charge is 0.0494 e. The molecule has 0 bridgehead atoms. The number of hydrogen-bond acceptors (Lipinski definition) is 2. The molecule has 0 radical (unpaired) electrons. The summed E-state index contributed by atoms with van der Waals surface area (Å²) in [4.78, 5) is 0. The molecule has 0 fully saturated rings. The Morgan fingerprint density at radius 1 is 1.56 bits per heavy atom. The molecule has 0 heterocycles. The summed E-state index contributed by atoms with van der Waals surface area (Å²) in [6.07, 6.45) is 4.84. The van der Waals surface area contributed by atoms with E-state index in [0.29, 0.717) is 5.92 Å². The minimum absolute atomic E-state index is 0. The molecule has 2 atom stereocenters. The van der Waals surface area contributed by atoms with Gasteiger partial charge in [0.25, 0.3) is 0 Å². The first-order valence-corrected chi connectivity index (χ1v) is 2.87. The number of nitrogens with two attached hydrogens (primary N) is 1. The van der Waals surface area contributed by atoms with Crippen LogP contribution in [0.3, 0.4) is 0 Å². The molecule has 2 nitrogen and oxygen atoms in total. The Labute approximate surface area is 61.2 Å². The second kappa shape index (κ2) is 3.88. The molecular weight excluding hydrogens is 138 g/mol. The van der Waals surface area contributed by atoms with Crippen molar-refractivity contribution in [1.82, 2.24) is 0 Å². The van der Waals surface area contributed by atoms with Crippen molar-refractivity contribution in [3.8, 4) is 0 Å². The van der Waals surface area contributed by atoms with Crippen molar-refractivity contribution in [3.05, 3.63) is 12.2 Å². The SMILES string of the molecule is Cl.N[C@@H]1C=CC(CO)C1. The number of aliphatic hydroxyl groups is 1. The molecule has 0 amide bonds. The third-order valence-electron chi connectivity index (χ3n) is 1.44. The number of aliphatic hydroxyl groups excluding tert-OH is 1. The lowest BCUT2D eigenvalue weighted by molar-refractivity contribution is 0.249. The summed E-state index contributed by atoms with van der Waals surface area (Å²) in [5.41, 5.74) is 5.50. The van der Waals surface area contributed by atoms with E-state index in [-0.39, 0.29) is 25.1 Å². The predicted molar refractivity (Wildman–Crippen MR) is 39.6 cm³/mol. The van der Waals surface area contributed by atoms with Crippen LogP contribution in [0, 0.1) is 5.92 Å². The normalized spacial score (nSPS) is 32.2. The lowest BCUT2D eigenvalue weighted by Crippen LogP contribution is -2.15. The van der Waals surface area contributed by atoms with E-state index in [2.05, 4.69) is 0 Å². The average Bonchev–Trinajstić information content (AvgIpc) is 2.14. The topological polar surface area (TPSA) is 46.2 Å². The monoisotopic (exact) mass is 149 g/mol. The van der Waals surface area contributed by atoms with Gasteiger partial charge < -0.3 is 10.8 Å². The quantitative estimate of drug-likeness (QED) is 0.527. The van der Waals surface area contributed by atoms with Gasteiger partial charge in [-0.3, -0.25) is 0 Å². The Morgan fingerprint density at radius 3 is 2.44 bits per heavy atom. The molecule has 0 saturated carbocycles. The minimum atomic E-state index is 0. The van der Waals surface area contributed by atoms with Gasteiger partial charge in [0, 0.05) is 18.6 Å². The summed E-state index contributed by atoms with van der Waals surface area (Å²) in [6.45, 7) is 0.240. The van der Waals surface area contributed by atoms with E-state index in [9.17, 15) is 0 Å². The maximum atomic E-state index is 8.58. The molecule has 9 heavy (non-hydrogen) atoms. The van der Waals surface area contributed by atoms with Crippen molar-refractivity contribution >= 4 is 12.4 Å². The Balaban J connectivity index is 0.000000640. The molecule has 0 aromatic carbocycles. The largest absolute Gasteiger partial charge is 0.396 e. The Hall–Kier alpha value is -0.0500. The highest BCUT2D eigenvalue weighted by atomic mass is 35.5. The fourth-order valence-electron chi connectivity index (χ4n) is 0.942. The molecule has 3 heteroatoms. The molecule has 0 aromatic rings. The van der Waals surface area contributed by atoms with Gasteiger partial charge in [-0.2, -0.15) is 0 Å². The van der Waals surface area contributed by atoms with Crippen molar-refractivity contribution in [1.29, 1.82) is 0 Å². The summed E-state index contributed by atoms with van der Waals surface area (Å²) >= 11 is 0. The Kier molecular flexibility index (Phi) is 3.86. The van der Waals surface area contributed by atoms with Crippen molar-refractivity contribution < 1.29 is 5.11 Å². The minimum Gasteiger partial charge on any atom is -0.396 e. The first-order valence-electron chi connectivity index (χ1n) is 2.87. The van der Waals surface area contributed by atoms with Gasteiger partial charge in [0.15, 0.2) is 0 Å². The first-order chi connectivity index (χ1) is 3.83. The lowest BCUT2D eigenvalue weighted by Gasteiger charge is -2.02. The predicted octanol–water partition coefficient (Wildman–Crippen LogP) is 0.304. The standard InChI is InChI=1S/C6H11NO.ClH/c7-6-2-1-5(3-6)4-8;/h1-2,5-6,8H,3-4,7H2;1H/t5?,6-;/m1./s1. The molecule has 3 N–H and O–H groups in total. The van der Waals surface area contributed by atoms with Crippen LogP contribution in [0.15, 0.2) is 12.2 Å². The highest BCUT2D eigenvalue weighted by molar-refractivity contribution is 5.85. The van der Waals surface area contributed by atoms with Crippen LogP contribution in [0.5, 0.6) is 0 Å². The van der Waals surface area contributed by atoms with Gasteiger partial charge in [-0.15, -0.1) is 12.4 Å². The van der Waals surface area contributed by atoms with Gasteiger partial charge in [0.05, 0.1) is 0 Å². The molecule has 0 spiro atoms. The zero-order chi connectivity index (χ0) is 5.98. The van der Waals surface area contributed by atoms with Crippen molar-refractivity contribution in [2.75, 3.05) is 6.61 Å². The third-order valence-corrected chi connectivity index (χ3v) is 1.44. The van der Waals surface area contributed by atoms with Crippen molar-refractivity contribution in [2.45, 2.75) is 12.5 Å². The van der Waals surface area contributed by atoms with Gasteiger partial charge in [0.1, 0.15) is 0 Å². The Morgan fingerprint density at radius 2 is 2.22 bits per heavy atom. The fourth-order valence-corrected chi connectivity index (χ4v) is 0.942. The molecule has 0 aliphatic heterocycles. The molecular formula is C6H12ClNO. The van der Waals surface area contributed by atoms with Crippen molar-refractivity contribution in [3.63, 3.8) is 0 Å². The van der Waals surface area contributed by atoms with E-state index in [1.54, 1.807) is 0 Å². The van der Waals surface area contributed by atoms with Crippen LogP contribution in [0.1, 0.15) is 6.42 Å². The molecule has 1 aliphatic carbocycles. The van der Waals surface area contributed by atoms with E-state index < -0.39 is 0 Å². The van der Waals surface area contributed by atoms with E-state index >= 15 is 0 Å². The average molecular weight is 150 g/mol. The molecule has 54 valence electrons. The van der Waals surface area contributed by atoms with Crippen LogP contribution in [-0.4, -0.2) is 17.8 Å². The summed E-state index contributed by atoms with van der Waals surface area (Å²) in [7, 11) is 0. The maximum Gasteiger partial charge on any atom is 0.0494 e. The van der Waals surface area contributed by atoms with E-state index in [1.807, 2.05) is 12.2 Å². The van der Waals surface area contributed by atoms with Gasteiger partial charge >= 0.3 is 0 Å². The highest BCUT2D eigenvalue weighted by Gasteiger charge is 2.13. The maximum absolute atomic E-state index is 8.58. The van der Waals surface area contributed by atoms with Crippen LogP contribution < -0.4 is 5.73 Å². The van der Waals surface area contributed by atoms with Gasteiger partial charge in [-0.05, 0) is 6.42 Å².